The van der Waals surface area contributed by atoms with E-state index >= 15 is 0 Å². The number of alkyl halides is 3. The molecule has 17 heavy (non-hydrogen) atoms. The summed E-state index contributed by atoms with van der Waals surface area (Å²) in [4.78, 5) is 14.4. The lowest BCUT2D eigenvalue weighted by Gasteiger charge is -2.29. The summed E-state index contributed by atoms with van der Waals surface area (Å²) < 4.78 is 39.5. The van der Waals surface area contributed by atoms with Crippen molar-refractivity contribution in [3.63, 3.8) is 0 Å². The van der Waals surface area contributed by atoms with Crippen LogP contribution in [0.5, 0.6) is 0 Å². The number of imidazole rings is 1. The Balaban J connectivity index is 3.08. The van der Waals surface area contributed by atoms with Crippen molar-refractivity contribution in [3.8, 4) is 0 Å². The van der Waals surface area contributed by atoms with Gasteiger partial charge in [-0.15, -0.1) is 0 Å². The van der Waals surface area contributed by atoms with Crippen LogP contribution in [0, 0.1) is 0 Å². The van der Waals surface area contributed by atoms with Crippen LogP contribution < -0.4 is 5.32 Å². The van der Waals surface area contributed by atoms with Crippen molar-refractivity contribution in [2.24, 2.45) is 0 Å². The molecular weight excluding hydrogens is 239 g/mol. The molecule has 5 nitrogen and oxygen atoms in total. The van der Waals surface area contributed by atoms with E-state index in [0.717, 1.165) is 0 Å². The molecule has 0 aromatic carbocycles. The standard InChI is InChI=1S/C9H12F3N3O2/c1-3-15-5-4-13-7(15)14-8(2,6(16)17)9(10,11)12/h4-5H,3H2,1-2H3,(H,13,14)(H,16,17). The third kappa shape index (κ3) is 2.34. The zero-order chi connectivity index (χ0) is 13.3. The maximum atomic E-state index is 12.7. The number of halogens is 3. The van der Waals surface area contributed by atoms with Gasteiger partial charge in [0.2, 0.25) is 11.5 Å². The highest BCUT2D eigenvalue weighted by atomic mass is 19.4. The molecule has 0 aliphatic heterocycles. The summed E-state index contributed by atoms with van der Waals surface area (Å²) in [6.45, 7) is 2.65. The smallest absolute Gasteiger partial charge is 0.422 e. The van der Waals surface area contributed by atoms with E-state index in [1.807, 2.05) is 5.32 Å². The molecule has 8 heteroatoms. The molecule has 0 bridgehead atoms. The van der Waals surface area contributed by atoms with Crippen molar-refractivity contribution in [2.45, 2.75) is 32.1 Å². The van der Waals surface area contributed by atoms with E-state index in [-0.39, 0.29) is 5.95 Å². The SMILES string of the molecule is CCn1ccnc1NC(C)(C(=O)O)C(F)(F)F. The number of rotatable bonds is 4. The molecule has 1 unspecified atom stereocenters. The first-order valence-corrected chi connectivity index (χ1v) is 4.81. The molecule has 1 atom stereocenters. The molecule has 96 valence electrons. The second kappa shape index (κ2) is 4.27. The minimum atomic E-state index is -4.93. The first kappa shape index (κ1) is 13.3. The van der Waals surface area contributed by atoms with Crippen molar-refractivity contribution >= 4 is 11.9 Å². The molecule has 0 radical (unpaired) electrons. The Morgan fingerprint density at radius 1 is 1.59 bits per heavy atom. The van der Waals surface area contributed by atoms with Crippen LogP contribution in [0.15, 0.2) is 12.4 Å². The number of nitrogens with zero attached hydrogens (tertiary/aromatic N) is 2. The number of carboxylic acids is 1. The number of hydrogen-bond acceptors (Lipinski definition) is 3. The fraction of sp³-hybridized carbons (Fsp3) is 0.556. The lowest BCUT2D eigenvalue weighted by atomic mass is 10.0. The Hall–Kier alpha value is -1.73. The number of carboxylic acid groups (broad SMARTS) is 1. The van der Waals surface area contributed by atoms with E-state index in [1.54, 1.807) is 6.92 Å². The molecule has 0 aliphatic rings. The van der Waals surface area contributed by atoms with Crippen molar-refractivity contribution < 1.29 is 23.1 Å². The summed E-state index contributed by atoms with van der Waals surface area (Å²) in [7, 11) is 0. The van der Waals surface area contributed by atoms with Gasteiger partial charge in [0, 0.05) is 18.9 Å². The van der Waals surface area contributed by atoms with Crippen molar-refractivity contribution in [1.29, 1.82) is 0 Å². The van der Waals surface area contributed by atoms with Crippen LogP contribution in [0.2, 0.25) is 0 Å². The monoisotopic (exact) mass is 251 g/mol. The molecule has 1 heterocycles. The molecule has 0 amide bonds. The molecule has 0 saturated heterocycles. The van der Waals surface area contributed by atoms with E-state index in [1.165, 1.54) is 17.0 Å². The van der Waals surface area contributed by atoms with Crippen molar-refractivity contribution in [2.75, 3.05) is 5.32 Å². The lowest BCUT2D eigenvalue weighted by molar-refractivity contribution is -0.193. The molecule has 0 saturated carbocycles. The maximum absolute atomic E-state index is 12.7. The van der Waals surface area contributed by atoms with Crippen LogP contribution in [0.4, 0.5) is 19.1 Å². The van der Waals surface area contributed by atoms with E-state index in [2.05, 4.69) is 4.98 Å². The summed E-state index contributed by atoms with van der Waals surface area (Å²) in [5.74, 6) is -2.13. The van der Waals surface area contributed by atoms with Crippen LogP contribution in [0.3, 0.4) is 0 Å². The van der Waals surface area contributed by atoms with Crippen LogP contribution in [-0.2, 0) is 11.3 Å². The minimum Gasteiger partial charge on any atom is -0.479 e. The van der Waals surface area contributed by atoms with E-state index in [4.69, 9.17) is 5.11 Å². The molecule has 1 rings (SSSR count). The van der Waals surface area contributed by atoms with Gasteiger partial charge in [-0.1, -0.05) is 0 Å². The summed E-state index contributed by atoms with van der Waals surface area (Å²) in [5.41, 5.74) is -3.06. The number of aromatic nitrogens is 2. The van der Waals surface area contributed by atoms with Gasteiger partial charge in [-0.25, -0.2) is 9.78 Å². The first-order chi connectivity index (χ1) is 7.72. The normalized spacial score (nSPS) is 15.4. The van der Waals surface area contributed by atoms with Gasteiger partial charge < -0.3 is 15.0 Å². The van der Waals surface area contributed by atoms with Crippen LogP contribution in [0.25, 0.3) is 0 Å². The Kier molecular flexibility index (Phi) is 3.35. The maximum Gasteiger partial charge on any atom is 0.422 e. The Morgan fingerprint density at radius 2 is 2.18 bits per heavy atom. The average Bonchev–Trinajstić information content (AvgIpc) is 2.62. The predicted octanol–water partition coefficient (Wildman–Crippen LogP) is 1.72. The molecule has 2 N–H and O–H groups in total. The second-order valence-corrected chi connectivity index (χ2v) is 3.59. The van der Waals surface area contributed by atoms with Crippen molar-refractivity contribution in [3.05, 3.63) is 12.4 Å². The van der Waals surface area contributed by atoms with Gasteiger partial charge in [0.25, 0.3) is 0 Å². The number of hydrogen-bond donors (Lipinski definition) is 2. The van der Waals surface area contributed by atoms with E-state index in [9.17, 15) is 18.0 Å². The number of carbonyl (C=O) groups is 1. The van der Waals surface area contributed by atoms with Crippen LogP contribution in [0.1, 0.15) is 13.8 Å². The van der Waals surface area contributed by atoms with Gasteiger partial charge in [-0.2, -0.15) is 13.2 Å². The highest BCUT2D eigenvalue weighted by molar-refractivity contribution is 5.82. The highest BCUT2D eigenvalue weighted by Gasteiger charge is 2.58. The van der Waals surface area contributed by atoms with Gasteiger partial charge in [0.05, 0.1) is 0 Å². The Morgan fingerprint density at radius 3 is 2.59 bits per heavy atom. The molecule has 0 spiro atoms. The van der Waals surface area contributed by atoms with Crippen LogP contribution >= 0.6 is 0 Å². The average molecular weight is 251 g/mol. The highest BCUT2D eigenvalue weighted by Crippen LogP contribution is 2.33. The van der Waals surface area contributed by atoms with Gasteiger partial charge in [0.15, 0.2) is 0 Å². The lowest BCUT2D eigenvalue weighted by Crippen LogP contribution is -2.56. The molecule has 1 aromatic heterocycles. The number of nitrogens with one attached hydrogen (secondary N) is 1. The molecule has 0 fully saturated rings. The third-order valence-corrected chi connectivity index (χ3v) is 2.41. The Labute approximate surface area is 95.3 Å². The van der Waals surface area contributed by atoms with Gasteiger partial charge >= 0.3 is 12.1 Å². The number of aliphatic carboxylic acids is 1. The fourth-order valence-electron chi connectivity index (χ4n) is 1.16. The second-order valence-electron chi connectivity index (χ2n) is 3.59. The summed E-state index contributed by atoms with van der Waals surface area (Å²) in [6.07, 6.45) is -2.17. The molecular formula is C9H12F3N3O2. The fourth-order valence-corrected chi connectivity index (χ4v) is 1.16. The zero-order valence-electron chi connectivity index (χ0n) is 9.25. The third-order valence-electron chi connectivity index (χ3n) is 2.41. The van der Waals surface area contributed by atoms with Gasteiger partial charge in [-0.3, -0.25) is 0 Å². The summed E-state index contributed by atoms with van der Waals surface area (Å²) in [5, 5.41) is 10.6. The molecule has 1 aromatic rings. The summed E-state index contributed by atoms with van der Waals surface area (Å²) in [6, 6.07) is 0. The largest absolute Gasteiger partial charge is 0.479 e. The van der Waals surface area contributed by atoms with Gasteiger partial charge in [0.1, 0.15) is 0 Å². The minimum absolute atomic E-state index is 0.130. The number of aryl methyl sites for hydroxylation is 1. The van der Waals surface area contributed by atoms with Gasteiger partial charge in [-0.05, 0) is 13.8 Å². The quantitative estimate of drug-likeness (QED) is 0.855. The molecule has 0 aliphatic carbocycles. The topological polar surface area (TPSA) is 67.2 Å². The summed E-state index contributed by atoms with van der Waals surface area (Å²) >= 11 is 0. The number of anilines is 1. The van der Waals surface area contributed by atoms with E-state index in [0.29, 0.717) is 13.5 Å². The Bertz CT molecular complexity index is 416. The van der Waals surface area contributed by atoms with Crippen molar-refractivity contribution in [1.82, 2.24) is 9.55 Å². The first-order valence-electron chi connectivity index (χ1n) is 4.81. The van der Waals surface area contributed by atoms with Crippen LogP contribution in [-0.4, -0.2) is 32.3 Å². The van der Waals surface area contributed by atoms with E-state index < -0.39 is 17.7 Å². The zero-order valence-corrected chi connectivity index (χ0v) is 9.25. The predicted molar refractivity (Wildman–Crippen MR) is 53.6 cm³/mol.